The molecule has 0 saturated heterocycles. The van der Waals surface area contributed by atoms with Crippen molar-refractivity contribution in [1.82, 2.24) is 29.4 Å². The molecule has 5 aromatic rings. The number of anilines is 1. The van der Waals surface area contributed by atoms with Crippen molar-refractivity contribution >= 4 is 27.3 Å². The molecule has 0 aromatic carbocycles. The SMILES string of the molecule is C[C@@H](c1cnccc1-n1cc(F)cn1)N(C)c1ccc(-c2cc(Br)cn3ncc(C#N)c23)cn1. The van der Waals surface area contributed by atoms with Crippen molar-refractivity contribution in [3.05, 3.63) is 89.1 Å². The Labute approximate surface area is 203 Å². The Hall–Kier alpha value is -4.10. The van der Waals surface area contributed by atoms with Crippen LogP contribution in [0.25, 0.3) is 22.3 Å². The van der Waals surface area contributed by atoms with Gasteiger partial charge in [-0.05, 0) is 47.1 Å². The highest BCUT2D eigenvalue weighted by atomic mass is 79.9. The van der Waals surface area contributed by atoms with E-state index in [9.17, 15) is 9.65 Å². The van der Waals surface area contributed by atoms with Gasteiger partial charge in [-0.2, -0.15) is 15.5 Å². The van der Waals surface area contributed by atoms with Crippen LogP contribution < -0.4 is 4.90 Å². The van der Waals surface area contributed by atoms with Crippen LogP contribution in [0.1, 0.15) is 24.1 Å². The van der Waals surface area contributed by atoms with Gasteiger partial charge in [0.2, 0.25) is 0 Å². The maximum atomic E-state index is 13.6. The summed E-state index contributed by atoms with van der Waals surface area (Å²) in [7, 11) is 1.94. The molecule has 0 unspecified atom stereocenters. The molecule has 0 amide bonds. The summed E-state index contributed by atoms with van der Waals surface area (Å²) in [6.07, 6.45) is 11.1. The molecule has 1 atom stereocenters. The summed E-state index contributed by atoms with van der Waals surface area (Å²) in [5, 5.41) is 17.9. The number of pyridine rings is 3. The number of hydrogen-bond donors (Lipinski definition) is 0. The maximum absolute atomic E-state index is 13.6. The second-order valence-corrected chi connectivity index (χ2v) is 8.68. The first kappa shape index (κ1) is 21.7. The molecule has 0 saturated carbocycles. The maximum Gasteiger partial charge on any atom is 0.161 e. The van der Waals surface area contributed by atoms with E-state index < -0.39 is 5.82 Å². The largest absolute Gasteiger partial charge is 0.353 e. The quantitative estimate of drug-likeness (QED) is 0.328. The topological polar surface area (TPSA) is 87.9 Å². The van der Waals surface area contributed by atoms with Crippen LogP contribution in [0.15, 0.2) is 72.1 Å². The van der Waals surface area contributed by atoms with E-state index in [0.717, 1.165) is 38.2 Å². The first-order chi connectivity index (χ1) is 16.5. The van der Waals surface area contributed by atoms with Gasteiger partial charge in [0.15, 0.2) is 5.82 Å². The average molecular weight is 517 g/mol. The standard InChI is InChI=1S/C24H18BrFN8/c1-15(21-12-28-6-5-22(21)33-14-19(26)11-31-33)32(2)23-4-3-16(9-29-23)20-7-18(25)13-34-24(20)17(8-27)10-30-34/h3-7,9-15H,1-2H3/t15-/m0/s1. The molecule has 34 heavy (non-hydrogen) atoms. The summed E-state index contributed by atoms with van der Waals surface area (Å²) in [5.74, 6) is 0.346. The fourth-order valence-corrected chi connectivity index (χ4v) is 4.34. The van der Waals surface area contributed by atoms with Crippen LogP contribution in [0.4, 0.5) is 10.2 Å². The molecule has 0 fully saturated rings. The Balaban J connectivity index is 1.48. The number of fused-ring (bicyclic) bond motifs is 1. The predicted octanol–water partition coefficient (Wildman–Crippen LogP) is 4.95. The van der Waals surface area contributed by atoms with E-state index in [4.69, 9.17) is 0 Å². The second kappa shape index (κ2) is 8.68. The fraction of sp³-hybridized carbons (Fsp3) is 0.125. The Morgan fingerprint density at radius 2 is 1.97 bits per heavy atom. The van der Waals surface area contributed by atoms with Gasteiger partial charge in [-0.15, -0.1) is 0 Å². The van der Waals surface area contributed by atoms with Crippen molar-refractivity contribution in [3.63, 3.8) is 0 Å². The second-order valence-electron chi connectivity index (χ2n) is 7.76. The van der Waals surface area contributed by atoms with Crippen molar-refractivity contribution in [2.45, 2.75) is 13.0 Å². The number of nitrogens with zero attached hydrogens (tertiary/aromatic N) is 8. The monoisotopic (exact) mass is 516 g/mol. The van der Waals surface area contributed by atoms with Gasteiger partial charge in [-0.25, -0.2) is 18.6 Å². The van der Waals surface area contributed by atoms with Gasteiger partial charge in [0.1, 0.15) is 11.9 Å². The van der Waals surface area contributed by atoms with Crippen LogP contribution in [-0.4, -0.2) is 36.4 Å². The number of halogens is 2. The molecule has 0 N–H and O–H groups in total. The average Bonchev–Trinajstić information content (AvgIpc) is 3.48. The van der Waals surface area contributed by atoms with Gasteiger partial charge < -0.3 is 4.90 Å². The minimum Gasteiger partial charge on any atom is -0.353 e. The van der Waals surface area contributed by atoms with Gasteiger partial charge in [-0.3, -0.25) is 4.98 Å². The van der Waals surface area contributed by atoms with Crippen LogP contribution in [0.3, 0.4) is 0 Å². The molecule has 5 heterocycles. The van der Waals surface area contributed by atoms with Crippen LogP contribution >= 0.6 is 15.9 Å². The normalized spacial score (nSPS) is 12.0. The third-order valence-corrected chi connectivity index (χ3v) is 6.21. The first-order valence-corrected chi connectivity index (χ1v) is 11.2. The summed E-state index contributed by atoms with van der Waals surface area (Å²) in [4.78, 5) is 10.9. The number of rotatable bonds is 5. The molecule has 8 nitrogen and oxygen atoms in total. The minimum absolute atomic E-state index is 0.119. The third-order valence-electron chi connectivity index (χ3n) is 5.78. The molecule has 168 valence electrons. The van der Waals surface area contributed by atoms with Crippen LogP contribution in [0.2, 0.25) is 0 Å². The molecule has 0 bridgehead atoms. The zero-order valence-corrected chi connectivity index (χ0v) is 19.8. The van der Waals surface area contributed by atoms with Crippen LogP contribution in [0, 0.1) is 17.1 Å². The highest BCUT2D eigenvalue weighted by Gasteiger charge is 2.19. The smallest absolute Gasteiger partial charge is 0.161 e. The van der Waals surface area contributed by atoms with E-state index in [2.05, 4.69) is 42.2 Å². The first-order valence-electron chi connectivity index (χ1n) is 10.4. The molecular weight excluding hydrogens is 499 g/mol. The van der Waals surface area contributed by atoms with Crippen molar-refractivity contribution < 1.29 is 4.39 Å². The molecule has 0 radical (unpaired) electrons. The minimum atomic E-state index is -0.402. The van der Waals surface area contributed by atoms with Gasteiger partial charge in [0, 0.05) is 53.0 Å². The molecule has 5 rings (SSSR count). The lowest BCUT2D eigenvalue weighted by molar-refractivity contribution is 0.626. The lowest BCUT2D eigenvalue weighted by Gasteiger charge is -2.27. The highest BCUT2D eigenvalue weighted by molar-refractivity contribution is 9.10. The zero-order valence-electron chi connectivity index (χ0n) is 18.3. The van der Waals surface area contributed by atoms with Gasteiger partial charge in [0.05, 0.1) is 41.4 Å². The van der Waals surface area contributed by atoms with Crippen molar-refractivity contribution in [3.8, 4) is 22.9 Å². The fourth-order valence-electron chi connectivity index (χ4n) is 3.91. The van der Waals surface area contributed by atoms with E-state index in [1.165, 1.54) is 17.1 Å². The summed E-state index contributed by atoms with van der Waals surface area (Å²) in [6, 6.07) is 9.73. The lowest BCUT2D eigenvalue weighted by Crippen LogP contribution is -2.24. The van der Waals surface area contributed by atoms with Crippen LogP contribution in [0.5, 0.6) is 0 Å². The van der Waals surface area contributed by atoms with E-state index in [-0.39, 0.29) is 6.04 Å². The molecule has 0 spiro atoms. The Bertz CT molecular complexity index is 1530. The summed E-state index contributed by atoms with van der Waals surface area (Å²) >= 11 is 3.51. The summed E-state index contributed by atoms with van der Waals surface area (Å²) in [6.45, 7) is 2.03. The molecule has 10 heteroatoms. The molecular formula is C24H18BrFN8. The Morgan fingerprint density at radius 3 is 2.68 bits per heavy atom. The van der Waals surface area contributed by atoms with E-state index >= 15 is 0 Å². The molecule has 5 aromatic heterocycles. The molecule has 0 aliphatic rings. The van der Waals surface area contributed by atoms with E-state index in [0.29, 0.717) is 5.56 Å². The Kier molecular flexibility index (Phi) is 5.55. The zero-order chi connectivity index (χ0) is 23.8. The number of hydrogen-bond acceptors (Lipinski definition) is 6. The number of nitriles is 1. The molecule has 0 aliphatic heterocycles. The van der Waals surface area contributed by atoms with Gasteiger partial charge in [-0.1, -0.05) is 0 Å². The van der Waals surface area contributed by atoms with Crippen molar-refractivity contribution in [2.24, 2.45) is 0 Å². The summed E-state index contributed by atoms with van der Waals surface area (Å²) in [5.41, 5.74) is 4.57. The van der Waals surface area contributed by atoms with Gasteiger partial charge >= 0.3 is 0 Å². The van der Waals surface area contributed by atoms with Crippen molar-refractivity contribution in [2.75, 3.05) is 11.9 Å². The van der Waals surface area contributed by atoms with Crippen molar-refractivity contribution in [1.29, 1.82) is 5.26 Å². The third kappa shape index (κ3) is 3.80. The van der Waals surface area contributed by atoms with Crippen LogP contribution in [-0.2, 0) is 0 Å². The Morgan fingerprint density at radius 1 is 1.12 bits per heavy atom. The summed E-state index contributed by atoms with van der Waals surface area (Å²) < 4.78 is 17.6. The van der Waals surface area contributed by atoms with E-state index in [1.807, 2.05) is 43.3 Å². The number of aromatic nitrogens is 6. The van der Waals surface area contributed by atoms with Gasteiger partial charge in [0.25, 0.3) is 0 Å². The lowest BCUT2D eigenvalue weighted by atomic mass is 10.1. The molecule has 0 aliphatic carbocycles. The van der Waals surface area contributed by atoms with E-state index in [1.54, 1.807) is 35.4 Å². The predicted molar refractivity (Wildman–Crippen MR) is 129 cm³/mol. The highest BCUT2D eigenvalue weighted by Crippen LogP contribution is 2.32.